The van der Waals surface area contributed by atoms with Gasteiger partial charge >= 0.3 is 6.36 Å². The molecule has 0 bridgehead atoms. The summed E-state index contributed by atoms with van der Waals surface area (Å²) >= 11 is 0. The summed E-state index contributed by atoms with van der Waals surface area (Å²) in [5.41, 5.74) is 0.392. The van der Waals surface area contributed by atoms with E-state index < -0.39 is 12.2 Å². The molecule has 0 saturated carbocycles. The second kappa shape index (κ2) is 3.69. The summed E-state index contributed by atoms with van der Waals surface area (Å²) in [4.78, 5) is 7.29. The number of rotatable bonds is 2. The first kappa shape index (κ1) is 10.6. The molecule has 1 N–H and O–H groups in total. The van der Waals surface area contributed by atoms with Crippen LogP contribution < -0.4 is 10.1 Å². The summed E-state index contributed by atoms with van der Waals surface area (Å²) < 4.78 is 39.1. The van der Waals surface area contributed by atoms with Crippen molar-refractivity contribution in [1.82, 2.24) is 9.97 Å². The number of ether oxygens (including phenoxy) is 1. The Balaban J connectivity index is 2.92. The number of aryl methyl sites for hydroxylation is 1. The third-order valence-electron chi connectivity index (χ3n) is 1.27. The molecule has 0 aliphatic carbocycles. The zero-order valence-electron chi connectivity index (χ0n) is 7.51. The normalized spacial score (nSPS) is 11.2. The van der Waals surface area contributed by atoms with Crippen LogP contribution >= 0.6 is 0 Å². The molecular formula is C7H8F3N3O. The maximum atomic E-state index is 11.8. The Kier molecular flexibility index (Phi) is 2.78. The first-order valence-electron chi connectivity index (χ1n) is 3.70. The first-order chi connectivity index (χ1) is 6.40. The standard InChI is InChI=1S/C7H8F3N3O/c1-4-3-5(14-7(8,9)10)13-6(11-2)12-4/h3H,1-2H3,(H,11,12,13). The van der Waals surface area contributed by atoms with E-state index in [0.29, 0.717) is 5.69 Å². The van der Waals surface area contributed by atoms with Crippen molar-refractivity contribution in [3.63, 3.8) is 0 Å². The summed E-state index contributed by atoms with van der Waals surface area (Å²) in [7, 11) is 1.51. The molecule has 0 aromatic carbocycles. The van der Waals surface area contributed by atoms with Crippen LogP contribution in [0.4, 0.5) is 19.1 Å². The van der Waals surface area contributed by atoms with Crippen LogP contribution in [0.3, 0.4) is 0 Å². The molecule has 1 aromatic rings. The SMILES string of the molecule is CNc1nc(C)cc(OC(F)(F)F)n1. The van der Waals surface area contributed by atoms with Crippen LogP contribution in [0.25, 0.3) is 0 Å². The highest BCUT2D eigenvalue weighted by Gasteiger charge is 2.32. The maximum absolute atomic E-state index is 11.8. The maximum Gasteiger partial charge on any atom is 0.574 e. The number of nitrogens with one attached hydrogen (secondary N) is 1. The molecule has 0 unspecified atom stereocenters. The molecule has 4 nitrogen and oxygen atoms in total. The minimum absolute atomic E-state index is 0.0873. The van der Waals surface area contributed by atoms with Crippen LogP contribution in [0.15, 0.2) is 6.07 Å². The Morgan fingerprint density at radius 1 is 1.36 bits per heavy atom. The Morgan fingerprint density at radius 3 is 2.50 bits per heavy atom. The minimum Gasteiger partial charge on any atom is -0.388 e. The molecule has 0 saturated heterocycles. The van der Waals surface area contributed by atoms with E-state index in [0.717, 1.165) is 6.07 Å². The summed E-state index contributed by atoms with van der Waals surface area (Å²) in [5.74, 6) is -0.432. The molecule has 0 atom stereocenters. The summed E-state index contributed by atoms with van der Waals surface area (Å²) in [5, 5.41) is 2.52. The summed E-state index contributed by atoms with van der Waals surface area (Å²) in [6.45, 7) is 1.55. The van der Waals surface area contributed by atoms with Crippen molar-refractivity contribution in [1.29, 1.82) is 0 Å². The second-order valence-corrected chi connectivity index (χ2v) is 2.47. The predicted octanol–water partition coefficient (Wildman–Crippen LogP) is 1.73. The fraction of sp³-hybridized carbons (Fsp3) is 0.429. The van der Waals surface area contributed by atoms with Gasteiger partial charge in [-0.15, -0.1) is 13.2 Å². The minimum atomic E-state index is -4.73. The highest BCUT2D eigenvalue weighted by molar-refractivity contribution is 5.29. The van der Waals surface area contributed by atoms with Crippen molar-refractivity contribution in [3.05, 3.63) is 11.8 Å². The Bertz CT molecular complexity index is 326. The van der Waals surface area contributed by atoms with E-state index in [4.69, 9.17) is 0 Å². The highest BCUT2D eigenvalue weighted by Crippen LogP contribution is 2.21. The fourth-order valence-electron chi connectivity index (χ4n) is 0.822. The quantitative estimate of drug-likeness (QED) is 0.802. The van der Waals surface area contributed by atoms with E-state index >= 15 is 0 Å². The Labute approximate surface area is 78.1 Å². The van der Waals surface area contributed by atoms with Crippen LogP contribution in [0, 0.1) is 6.92 Å². The largest absolute Gasteiger partial charge is 0.574 e. The monoisotopic (exact) mass is 207 g/mol. The van der Waals surface area contributed by atoms with Gasteiger partial charge in [0.1, 0.15) is 0 Å². The van der Waals surface area contributed by atoms with E-state index in [1.807, 2.05) is 0 Å². The molecule has 1 aromatic heterocycles. The first-order valence-corrected chi connectivity index (χ1v) is 3.70. The Morgan fingerprint density at radius 2 is 2.00 bits per heavy atom. The predicted molar refractivity (Wildman–Crippen MR) is 43.0 cm³/mol. The van der Waals surface area contributed by atoms with Gasteiger partial charge in [-0.2, -0.15) is 4.98 Å². The van der Waals surface area contributed by atoms with E-state index in [1.165, 1.54) is 7.05 Å². The lowest BCUT2D eigenvalue weighted by Crippen LogP contribution is -2.18. The van der Waals surface area contributed by atoms with Crippen molar-refractivity contribution in [3.8, 4) is 5.88 Å². The molecule has 1 rings (SSSR count). The summed E-state index contributed by atoms with van der Waals surface area (Å²) in [6.07, 6.45) is -4.73. The highest BCUT2D eigenvalue weighted by atomic mass is 19.4. The smallest absolute Gasteiger partial charge is 0.388 e. The second-order valence-electron chi connectivity index (χ2n) is 2.47. The third-order valence-corrected chi connectivity index (χ3v) is 1.27. The molecule has 78 valence electrons. The fourth-order valence-corrected chi connectivity index (χ4v) is 0.822. The lowest BCUT2D eigenvalue weighted by atomic mass is 10.4. The van der Waals surface area contributed by atoms with Crippen molar-refractivity contribution in [2.75, 3.05) is 12.4 Å². The molecule has 0 aliphatic rings. The van der Waals surface area contributed by atoms with Crippen molar-refractivity contribution in [2.45, 2.75) is 13.3 Å². The van der Waals surface area contributed by atoms with E-state index in [-0.39, 0.29) is 5.95 Å². The summed E-state index contributed by atoms with van der Waals surface area (Å²) in [6, 6.07) is 1.11. The molecule has 0 spiro atoms. The van der Waals surface area contributed by atoms with Gasteiger partial charge in [-0.3, -0.25) is 0 Å². The molecule has 0 fully saturated rings. The third kappa shape index (κ3) is 3.08. The zero-order valence-corrected chi connectivity index (χ0v) is 7.51. The van der Waals surface area contributed by atoms with Crippen LogP contribution in [0.1, 0.15) is 5.69 Å². The lowest BCUT2D eigenvalue weighted by Gasteiger charge is -2.09. The molecule has 14 heavy (non-hydrogen) atoms. The van der Waals surface area contributed by atoms with Crippen LogP contribution in [-0.4, -0.2) is 23.4 Å². The van der Waals surface area contributed by atoms with Gasteiger partial charge in [-0.05, 0) is 6.92 Å². The number of hydrogen-bond acceptors (Lipinski definition) is 4. The van der Waals surface area contributed by atoms with Gasteiger partial charge in [0.15, 0.2) is 0 Å². The zero-order chi connectivity index (χ0) is 10.8. The molecule has 0 aliphatic heterocycles. The number of aromatic nitrogens is 2. The molecule has 7 heteroatoms. The van der Waals surface area contributed by atoms with E-state index in [9.17, 15) is 13.2 Å². The number of alkyl halides is 3. The van der Waals surface area contributed by atoms with Gasteiger partial charge in [-0.25, -0.2) is 4.98 Å². The van der Waals surface area contributed by atoms with Crippen LogP contribution in [-0.2, 0) is 0 Å². The van der Waals surface area contributed by atoms with E-state index in [2.05, 4.69) is 20.0 Å². The van der Waals surface area contributed by atoms with Gasteiger partial charge in [0.25, 0.3) is 0 Å². The Hall–Kier alpha value is -1.53. The van der Waals surface area contributed by atoms with Gasteiger partial charge < -0.3 is 10.1 Å². The number of hydrogen-bond donors (Lipinski definition) is 1. The van der Waals surface area contributed by atoms with E-state index in [1.54, 1.807) is 6.92 Å². The van der Waals surface area contributed by atoms with Crippen LogP contribution in [0.2, 0.25) is 0 Å². The number of halogens is 3. The van der Waals surface area contributed by atoms with Crippen molar-refractivity contribution in [2.24, 2.45) is 0 Å². The van der Waals surface area contributed by atoms with Gasteiger partial charge in [0, 0.05) is 18.8 Å². The van der Waals surface area contributed by atoms with Gasteiger partial charge in [0.2, 0.25) is 11.8 Å². The topological polar surface area (TPSA) is 47.0 Å². The lowest BCUT2D eigenvalue weighted by molar-refractivity contribution is -0.276. The van der Waals surface area contributed by atoms with Gasteiger partial charge in [0.05, 0.1) is 0 Å². The van der Waals surface area contributed by atoms with Gasteiger partial charge in [-0.1, -0.05) is 0 Å². The number of anilines is 1. The van der Waals surface area contributed by atoms with Crippen LogP contribution in [0.5, 0.6) is 5.88 Å². The van der Waals surface area contributed by atoms with Crippen molar-refractivity contribution >= 4 is 5.95 Å². The molecular weight excluding hydrogens is 199 g/mol. The number of nitrogens with zero attached hydrogens (tertiary/aromatic N) is 2. The molecule has 0 radical (unpaired) electrons. The molecule has 1 heterocycles. The average Bonchev–Trinajstić information content (AvgIpc) is 1.99. The average molecular weight is 207 g/mol. The molecule has 0 amide bonds. The van der Waals surface area contributed by atoms with Crippen molar-refractivity contribution < 1.29 is 17.9 Å².